The van der Waals surface area contributed by atoms with E-state index in [9.17, 15) is 14.4 Å². The zero-order valence-corrected chi connectivity index (χ0v) is 11.4. The molecule has 0 unspecified atom stereocenters. The number of carbonyl (C=O) groups is 3. The molecule has 0 atom stereocenters. The molecule has 1 aromatic carbocycles. The Morgan fingerprint density at radius 1 is 0.950 bits per heavy atom. The molecule has 0 saturated heterocycles. The number of rotatable bonds is 3. The number of para-hydroxylation sites is 1. The Labute approximate surface area is 116 Å². The van der Waals surface area contributed by atoms with Crippen LogP contribution in [-0.2, 0) is 25.4 Å². The van der Waals surface area contributed by atoms with Gasteiger partial charge in [-0.2, -0.15) is 4.90 Å². The predicted molar refractivity (Wildman–Crippen MR) is 69.5 cm³/mol. The van der Waals surface area contributed by atoms with E-state index in [4.69, 9.17) is 0 Å². The van der Waals surface area contributed by atoms with E-state index in [1.165, 1.54) is 13.2 Å². The fourth-order valence-corrected chi connectivity index (χ4v) is 1.56. The smallest absolute Gasteiger partial charge is 0.423 e. The Balaban J connectivity index is 3.22. The second-order valence-corrected chi connectivity index (χ2v) is 3.66. The molecule has 0 saturated carbocycles. The molecule has 0 heterocycles. The summed E-state index contributed by atoms with van der Waals surface area (Å²) in [6.45, 7) is 0. The molecule has 0 spiro atoms. The zero-order chi connectivity index (χ0) is 15.1. The average Bonchev–Trinajstić information content (AvgIpc) is 2.48. The van der Waals surface area contributed by atoms with E-state index < -0.39 is 18.2 Å². The average molecular weight is 281 g/mol. The SMILES string of the molecule is COC(=O)Cc1ccccc1N(C(=O)OC)C(=O)OC. The number of imide groups is 1. The van der Waals surface area contributed by atoms with Gasteiger partial charge in [-0.3, -0.25) is 4.79 Å². The number of hydrogen-bond acceptors (Lipinski definition) is 6. The number of anilines is 1. The summed E-state index contributed by atoms with van der Waals surface area (Å²) in [7, 11) is 3.53. The van der Waals surface area contributed by atoms with Crippen molar-refractivity contribution in [3.63, 3.8) is 0 Å². The van der Waals surface area contributed by atoms with Gasteiger partial charge in [0.1, 0.15) is 0 Å². The first kappa shape index (κ1) is 15.5. The van der Waals surface area contributed by atoms with Gasteiger partial charge in [0.05, 0.1) is 33.4 Å². The summed E-state index contributed by atoms with van der Waals surface area (Å²) in [6.07, 6.45) is -1.90. The normalized spacial score (nSPS) is 9.55. The van der Waals surface area contributed by atoms with Crippen LogP contribution in [0.1, 0.15) is 5.56 Å². The molecule has 7 heteroatoms. The van der Waals surface area contributed by atoms with Crippen molar-refractivity contribution in [3.05, 3.63) is 29.8 Å². The van der Waals surface area contributed by atoms with Crippen molar-refractivity contribution >= 4 is 23.8 Å². The van der Waals surface area contributed by atoms with Gasteiger partial charge < -0.3 is 14.2 Å². The van der Waals surface area contributed by atoms with Crippen LogP contribution in [0.25, 0.3) is 0 Å². The summed E-state index contributed by atoms with van der Waals surface area (Å²) < 4.78 is 13.7. The third kappa shape index (κ3) is 3.47. The minimum Gasteiger partial charge on any atom is -0.469 e. The van der Waals surface area contributed by atoms with Crippen LogP contribution in [0.4, 0.5) is 15.3 Å². The van der Waals surface area contributed by atoms with E-state index in [1.54, 1.807) is 18.2 Å². The molecule has 0 aliphatic carbocycles. The summed E-state index contributed by atoms with van der Waals surface area (Å²) >= 11 is 0. The highest BCUT2D eigenvalue weighted by Gasteiger charge is 2.27. The van der Waals surface area contributed by atoms with Gasteiger partial charge in [-0.15, -0.1) is 0 Å². The van der Waals surface area contributed by atoms with Gasteiger partial charge in [-0.1, -0.05) is 18.2 Å². The minimum atomic E-state index is -0.908. The van der Waals surface area contributed by atoms with Crippen molar-refractivity contribution < 1.29 is 28.6 Å². The molecule has 0 radical (unpaired) electrons. The van der Waals surface area contributed by atoms with E-state index in [-0.39, 0.29) is 12.1 Å². The topological polar surface area (TPSA) is 82.1 Å². The van der Waals surface area contributed by atoms with Crippen molar-refractivity contribution in [1.82, 2.24) is 0 Å². The fraction of sp³-hybridized carbons (Fsp3) is 0.308. The van der Waals surface area contributed by atoms with Crippen LogP contribution in [-0.4, -0.2) is 39.5 Å². The molecule has 1 rings (SSSR count). The van der Waals surface area contributed by atoms with Crippen molar-refractivity contribution in [3.8, 4) is 0 Å². The number of carbonyl (C=O) groups excluding carboxylic acids is 3. The summed E-state index contributed by atoms with van der Waals surface area (Å²) in [5, 5.41) is 0. The largest absolute Gasteiger partial charge is 0.469 e. The third-order valence-electron chi connectivity index (χ3n) is 2.51. The van der Waals surface area contributed by atoms with Crippen LogP contribution in [0.15, 0.2) is 24.3 Å². The lowest BCUT2D eigenvalue weighted by Crippen LogP contribution is -2.37. The second kappa shape index (κ2) is 7.13. The molecule has 0 aliphatic heterocycles. The minimum absolute atomic E-state index is 0.0861. The molecule has 0 fully saturated rings. The summed E-state index contributed by atoms with van der Waals surface area (Å²) in [5.41, 5.74) is 0.645. The van der Waals surface area contributed by atoms with E-state index in [0.717, 1.165) is 14.2 Å². The van der Waals surface area contributed by atoms with Gasteiger partial charge in [0.25, 0.3) is 0 Å². The maximum absolute atomic E-state index is 11.7. The van der Waals surface area contributed by atoms with Gasteiger partial charge in [-0.05, 0) is 11.6 Å². The third-order valence-corrected chi connectivity index (χ3v) is 2.51. The summed E-state index contributed by atoms with van der Waals surface area (Å²) in [5.74, 6) is -0.493. The van der Waals surface area contributed by atoms with Crippen LogP contribution >= 0.6 is 0 Å². The van der Waals surface area contributed by atoms with Gasteiger partial charge in [-0.25, -0.2) is 9.59 Å². The Bertz CT molecular complexity index is 497. The fourth-order valence-electron chi connectivity index (χ4n) is 1.56. The quantitative estimate of drug-likeness (QED) is 0.620. The molecule has 7 nitrogen and oxygen atoms in total. The standard InChI is InChI=1S/C13H15NO6/c1-18-11(15)8-9-6-4-5-7-10(9)14(12(16)19-2)13(17)20-3/h4-7H,8H2,1-3H3. The second-order valence-electron chi connectivity index (χ2n) is 3.66. The molecular formula is C13H15NO6. The lowest BCUT2D eigenvalue weighted by molar-refractivity contribution is -0.139. The van der Waals surface area contributed by atoms with Crippen LogP contribution in [0, 0.1) is 0 Å². The number of esters is 1. The maximum atomic E-state index is 11.7. The number of methoxy groups -OCH3 is 3. The highest BCUT2D eigenvalue weighted by Crippen LogP contribution is 2.23. The molecule has 0 aliphatic rings. The first-order valence-electron chi connectivity index (χ1n) is 5.65. The summed E-state index contributed by atoms with van der Waals surface area (Å²) in [6, 6.07) is 6.40. The number of nitrogens with zero attached hydrogens (tertiary/aromatic N) is 1. The number of ether oxygens (including phenoxy) is 3. The first-order valence-corrected chi connectivity index (χ1v) is 5.65. The van der Waals surface area contributed by atoms with Crippen molar-refractivity contribution in [1.29, 1.82) is 0 Å². The van der Waals surface area contributed by atoms with E-state index in [0.29, 0.717) is 10.5 Å². The van der Waals surface area contributed by atoms with Gasteiger partial charge >= 0.3 is 18.2 Å². The molecule has 0 N–H and O–H groups in total. The van der Waals surface area contributed by atoms with E-state index in [1.807, 2.05) is 0 Å². The van der Waals surface area contributed by atoms with Gasteiger partial charge in [0.2, 0.25) is 0 Å². The number of benzene rings is 1. The number of hydrogen-bond donors (Lipinski definition) is 0. The molecular weight excluding hydrogens is 266 g/mol. The lowest BCUT2D eigenvalue weighted by atomic mass is 10.1. The molecule has 108 valence electrons. The molecule has 0 bridgehead atoms. The van der Waals surface area contributed by atoms with Crippen LogP contribution in [0.5, 0.6) is 0 Å². The van der Waals surface area contributed by atoms with E-state index >= 15 is 0 Å². The van der Waals surface area contributed by atoms with Crippen LogP contribution in [0.3, 0.4) is 0 Å². The summed E-state index contributed by atoms with van der Waals surface area (Å²) in [4.78, 5) is 35.5. The molecule has 0 aromatic heterocycles. The molecule has 20 heavy (non-hydrogen) atoms. The molecule has 1 aromatic rings. The van der Waals surface area contributed by atoms with Crippen molar-refractivity contribution in [2.24, 2.45) is 0 Å². The van der Waals surface area contributed by atoms with Crippen molar-refractivity contribution in [2.45, 2.75) is 6.42 Å². The molecule has 2 amide bonds. The highest BCUT2D eigenvalue weighted by molar-refractivity contribution is 6.10. The zero-order valence-electron chi connectivity index (χ0n) is 11.4. The monoisotopic (exact) mass is 281 g/mol. The van der Waals surface area contributed by atoms with Gasteiger partial charge in [0, 0.05) is 0 Å². The predicted octanol–water partition coefficient (Wildman–Crippen LogP) is 1.74. The Hall–Kier alpha value is -2.57. The van der Waals surface area contributed by atoms with E-state index in [2.05, 4.69) is 14.2 Å². The van der Waals surface area contributed by atoms with Gasteiger partial charge in [0.15, 0.2) is 0 Å². The van der Waals surface area contributed by atoms with Crippen molar-refractivity contribution in [2.75, 3.05) is 26.2 Å². The van der Waals surface area contributed by atoms with Crippen LogP contribution < -0.4 is 4.90 Å². The Morgan fingerprint density at radius 3 is 2.00 bits per heavy atom. The first-order chi connectivity index (χ1) is 9.54. The number of amides is 2. The highest BCUT2D eigenvalue weighted by atomic mass is 16.6. The Kier molecular flexibility index (Phi) is 5.52. The lowest BCUT2D eigenvalue weighted by Gasteiger charge is -2.20. The Morgan fingerprint density at radius 2 is 1.50 bits per heavy atom. The maximum Gasteiger partial charge on any atom is 0.423 e. The van der Waals surface area contributed by atoms with Crippen LogP contribution in [0.2, 0.25) is 0 Å².